The Hall–Kier alpha value is 0. The molecule has 0 aromatic heterocycles. The summed E-state index contributed by atoms with van der Waals surface area (Å²) in [5.41, 5.74) is 1.53. The fourth-order valence-corrected chi connectivity index (χ4v) is 5.22. The molecule has 4 aliphatic rings. The van der Waals surface area contributed by atoms with Crippen molar-refractivity contribution in [1.82, 2.24) is 0 Å². The molecule has 4 aliphatic carbocycles. The smallest absolute Gasteiger partial charge is 0.0315 e. The molecule has 0 heteroatoms. The minimum Gasteiger partial charge on any atom is -0.0683 e. The van der Waals surface area contributed by atoms with Gasteiger partial charge in [0.25, 0.3) is 0 Å². The van der Waals surface area contributed by atoms with E-state index in [2.05, 4.69) is 13.8 Å². The molecular formula is C16H32. The second-order valence-corrected chi connectivity index (χ2v) is 6.58. The minimum absolute atomic E-state index is 0.763. The van der Waals surface area contributed by atoms with Crippen LogP contribution in [0.2, 0.25) is 0 Å². The molecule has 16 heavy (non-hydrogen) atoms. The molecule has 0 amide bonds. The maximum absolute atomic E-state index is 2.54. The van der Waals surface area contributed by atoms with E-state index in [-0.39, 0.29) is 0 Å². The molecule has 0 aromatic carbocycles. The van der Waals surface area contributed by atoms with Crippen LogP contribution >= 0.6 is 0 Å². The SMILES string of the molecule is CC.CC.CC12CC3CC(C1)CC(C)(C3)C2. The van der Waals surface area contributed by atoms with Crippen LogP contribution in [-0.4, -0.2) is 0 Å². The van der Waals surface area contributed by atoms with Gasteiger partial charge in [-0.1, -0.05) is 41.5 Å². The van der Waals surface area contributed by atoms with Crippen molar-refractivity contribution in [3.05, 3.63) is 0 Å². The average molecular weight is 224 g/mol. The van der Waals surface area contributed by atoms with Gasteiger partial charge in [-0.05, 0) is 61.2 Å². The van der Waals surface area contributed by atoms with Crippen LogP contribution in [-0.2, 0) is 0 Å². The highest BCUT2D eigenvalue weighted by atomic mass is 14.6. The Morgan fingerprint density at radius 3 is 1.25 bits per heavy atom. The zero-order valence-electron chi connectivity index (χ0n) is 12.4. The number of rotatable bonds is 0. The van der Waals surface area contributed by atoms with Crippen LogP contribution < -0.4 is 0 Å². The van der Waals surface area contributed by atoms with Gasteiger partial charge in [0.2, 0.25) is 0 Å². The molecule has 0 unspecified atom stereocenters. The first-order valence-corrected chi connectivity index (χ1v) is 7.57. The van der Waals surface area contributed by atoms with Crippen molar-refractivity contribution in [3.8, 4) is 0 Å². The number of hydrogen-bond acceptors (Lipinski definition) is 0. The molecule has 0 saturated heterocycles. The highest BCUT2D eigenvalue weighted by Gasteiger charge is 2.53. The third-order valence-electron chi connectivity index (χ3n) is 4.65. The van der Waals surface area contributed by atoms with E-state index in [9.17, 15) is 0 Å². The summed E-state index contributed by atoms with van der Waals surface area (Å²) in [6, 6.07) is 0. The maximum Gasteiger partial charge on any atom is -0.0315 e. The molecule has 0 N–H and O–H groups in total. The Morgan fingerprint density at radius 1 is 0.688 bits per heavy atom. The van der Waals surface area contributed by atoms with E-state index in [0.717, 1.165) is 22.7 Å². The van der Waals surface area contributed by atoms with E-state index in [1.54, 1.807) is 32.1 Å². The van der Waals surface area contributed by atoms with Crippen LogP contribution in [0.3, 0.4) is 0 Å². The molecule has 4 rings (SSSR count). The summed E-state index contributed by atoms with van der Waals surface area (Å²) < 4.78 is 0. The normalized spacial score (nSPS) is 47.6. The molecule has 0 radical (unpaired) electrons. The zero-order chi connectivity index (χ0) is 12.4. The van der Waals surface area contributed by atoms with Gasteiger partial charge in [-0.15, -0.1) is 0 Å². The quantitative estimate of drug-likeness (QED) is 0.497. The number of hydrogen-bond donors (Lipinski definition) is 0. The Bertz CT molecular complexity index is 182. The molecule has 4 fully saturated rings. The largest absolute Gasteiger partial charge is 0.0683 e. The molecule has 0 heterocycles. The molecular weight excluding hydrogens is 192 g/mol. The lowest BCUT2D eigenvalue weighted by Crippen LogP contribution is -2.49. The van der Waals surface area contributed by atoms with Crippen molar-refractivity contribution in [2.75, 3.05) is 0 Å². The predicted molar refractivity (Wildman–Crippen MR) is 73.6 cm³/mol. The maximum atomic E-state index is 2.54. The average Bonchev–Trinajstić information content (AvgIpc) is 2.18. The summed E-state index contributed by atoms with van der Waals surface area (Å²) in [6.45, 7) is 13.1. The standard InChI is InChI=1S/C12H20.2C2H6/c1-11-4-9-3-10(5-11)7-12(2,6-9)8-11;2*1-2/h9-10H,3-8H2,1-2H3;2*1-2H3. The van der Waals surface area contributed by atoms with Crippen molar-refractivity contribution < 1.29 is 0 Å². The van der Waals surface area contributed by atoms with Crippen LogP contribution in [0, 0.1) is 22.7 Å². The third-order valence-corrected chi connectivity index (χ3v) is 4.65. The second-order valence-electron chi connectivity index (χ2n) is 6.58. The van der Waals surface area contributed by atoms with Gasteiger partial charge in [0.15, 0.2) is 0 Å². The lowest BCUT2D eigenvalue weighted by Gasteiger charge is -2.60. The van der Waals surface area contributed by atoms with Crippen LogP contribution in [0.15, 0.2) is 0 Å². The topological polar surface area (TPSA) is 0 Å². The summed E-state index contributed by atoms with van der Waals surface area (Å²) >= 11 is 0. The Labute approximate surface area is 103 Å². The van der Waals surface area contributed by atoms with Crippen LogP contribution in [0.25, 0.3) is 0 Å². The van der Waals surface area contributed by atoms with Gasteiger partial charge in [-0.2, -0.15) is 0 Å². The molecule has 96 valence electrons. The van der Waals surface area contributed by atoms with Gasteiger partial charge in [0, 0.05) is 0 Å². The first kappa shape index (κ1) is 14.1. The Kier molecular flexibility index (Phi) is 4.49. The van der Waals surface area contributed by atoms with E-state index in [1.165, 1.54) is 6.42 Å². The van der Waals surface area contributed by atoms with E-state index in [1.807, 2.05) is 27.7 Å². The molecule has 4 bridgehead atoms. The van der Waals surface area contributed by atoms with Crippen LogP contribution in [0.1, 0.15) is 80.1 Å². The Morgan fingerprint density at radius 2 is 1.00 bits per heavy atom. The first-order chi connectivity index (χ1) is 7.57. The van der Waals surface area contributed by atoms with Gasteiger partial charge >= 0.3 is 0 Å². The van der Waals surface area contributed by atoms with E-state index in [4.69, 9.17) is 0 Å². The molecule has 0 spiro atoms. The Balaban J connectivity index is 0.000000291. The van der Waals surface area contributed by atoms with Crippen LogP contribution in [0.5, 0.6) is 0 Å². The van der Waals surface area contributed by atoms with Crippen LogP contribution in [0.4, 0.5) is 0 Å². The lowest BCUT2D eigenvalue weighted by molar-refractivity contribution is -0.0920. The van der Waals surface area contributed by atoms with Crippen molar-refractivity contribution in [3.63, 3.8) is 0 Å². The zero-order valence-corrected chi connectivity index (χ0v) is 12.4. The first-order valence-electron chi connectivity index (χ1n) is 7.57. The van der Waals surface area contributed by atoms with E-state index < -0.39 is 0 Å². The van der Waals surface area contributed by atoms with Gasteiger partial charge in [0.05, 0.1) is 0 Å². The second kappa shape index (κ2) is 5.10. The minimum atomic E-state index is 0.763. The van der Waals surface area contributed by atoms with Crippen molar-refractivity contribution in [2.24, 2.45) is 22.7 Å². The summed E-state index contributed by atoms with van der Waals surface area (Å²) in [4.78, 5) is 0. The summed E-state index contributed by atoms with van der Waals surface area (Å²) in [6.07, 6.45) is 9.33. The van der Waals surface area contributed by atoms with Crippen molar-refractivity contribution >= 4 is 0 Å². The highest BCUT2D eigenvalue weighted by molar-refractivity contribution is 5.04. The van der Waals surface area contributed by atoms with Crippen molar-refractivity contribution in [2.45, 2.75) is 80.1 Å². The van der Waals surface area contributed by atoms with E-state index in [0.29, 0.717) is 0 Å². The predicted octanol–water partition coefficient (Wildman–Crippen LogP) is 5.67. The highest BCUT2D eigenvalue weighted by Crippen LogP contribution is 2.64. The van der Waals surface area contributed by atoms with E-state index >= 15 is 0 Å². The van der Waals surface area contributed by atoms with Gasteiger partial charge in [-0.25, -0.2) is 0 Å². The van der Waals surface area contributed by atoms with Gasteiger partial charge < -0.3 is 0 Å². The molecule has 0 nitrogen and oxygen atoms in total. The van der Waals surface area contributed by atoms with Gasteiger partial charge in [0.1, 0.15) is 0 Å². The third kappa shape index (κ3) is 2.63. The monoisotopic (exact) mass is 224 g/mol. The summed E-state index contributed by atoms with van der Waals surface area (Å²) in [7, 11) is 0. The summed E-state index contributed by atoms with van der Waals surface area (Å²) in [5, 5.41) is 0. The van der Waals surface area contributed by atoms with Gasteiger partial charge in [-0.3, -0.25) is 0 Å². The molecule has 0 aliphatic heterocycles. The fraction of sp³-hybridized carbons (Fsp3) is 1.00. The summed E-state index contributed by atoms with van der Waals surface area (Å²) in [5.74, 6) is 2.22. The molecule has 4 saturated carbocycles. The molecule has 0 atom stereocenters. The molecule has 0 aromatic rings. The van der Waals surface area contributed by atoms with Crippen molar-refractivity contribution in [1.29, 1.82) is 0 Å². The lowest BCUT2D eigenvalue weighted by atomic mass is 9.45. The fourth-order valence-electron chi connectivity index (χ4n) is 5.22.